The molecule has 1 saturated heterocycles. The summed E-state index contributed by atoms with van der Waals surface area (Å²) in [4.78, 5) is 30.9. The Morgan fingerprint density at radius 3 is 2.58 bits per heavy atom. The molecule has 1 amide bonds. The van der Waals surface area contributed by atoms with Crippen molar-refractivity contribution in [3.8, 4) is 16.9 Å². The minimum Gasteiger partial charge on any atom is -0.497 e. The van der Waals surface area contributed by atoms with E-state index in [9.17, 15) is 13.2 Å². The topological polar surface area (TPSA) is 121 Å². The summed E-state index contributed by atoms with van der Waals surface area (Å²) in [7, 11) is -2.06. The highest BCUT2D eigenvalue weighted by atomic mass is 32.2. The third-order valence-electron chi connectivity index (χ3n) is 6.78. The van der Waals surface area contributed by atoms with Gasteiger partial charge < -0.3 is 14.6 Å². The highest BCUT2D eigenvalue weighted by Gasteiger charge is 2.29. The summed E-state index contributed by atoms with van der Waals surface area (Å²) < 4.78 is 33.1. The molecule has 0 radical (unpaired) electrons. The van der Waals surface area contributed by atoms with Crippen LogP contribution in [0.2, 0.25) is 0 Å². The number of imidazole rings is 1. The van der Waals surface area contributed by atoms with Gasteiger partial charge in [0.15, 0.2) is 5.65 Å². The van der Waals surface area contributed by atoms with Crippen molar-refractivity contribution in [1.29, 1.82) is 0 Å². The molecule has 11 heteroatoms. The molecule has 1 aliphatic rings. The molecule has 1 N–H and O–H groups in total. The number of carbonyl (C=O) groups excluding carboxylic acids is 1. The van der Waals surface area contributed by atoms with Crippen molar-refractivity contribution in [3.05, 3.63) is 66.4 Å². The Morgan fingerprint density at radius 2 is 1.82 bits per heavy atom. The quantitative estimate of drug-likeness (QED) is 0.369. The van der Waals surface area contributed by atoms with Gasteiger partial charge in [-0.2, -0.15) is 4.31 Å². The fraction of sp³-hybridized carbons (Fsp3) is 0.333. The van der Waals surface area contributed by atoms with Gasteiger partial charge in [-0.15, -0.1) is 0 Å². The van der Waals surface area contributed by atoms with E-state index in [0.29, 0.717) is 38.1 Å². The number of nitrogens with zero attached hydrogens (tertiary/aromatic N) is 5. The standard InChI is InChI=1S/C27H30N6O4S/c1-3-32-14-15-33(13-11-26(32)34)38(35,36)23-7-4-19(5-8-23)20-16-24-27(29-18-20)31-25(30-24)9-6-21-17-22(37-2)10-12-28-21/h4-5,7-8,10,12,16-18H,3,6,9,11,13-15H2,1-2H3,(H,29,30,31). The number of pyridine rings is 2. The zero-order chi connectivity index (χ0) is 26.7. The first-order valence-electron chi connectivity index (χ1n) is 12.6. The first kappa shape index (κ1) is 25.8. The molecule has 38 heavy (non-hydrogen) atoms. The van der Waals surface area contributed by atoms with E-state index < -0.39 is 10.0 Å². The van der Waals surface area contributed by atoms with Gasteiger partial charge in [-0.25, -0.2) is 18.4 Å². The number of methoxy groups -OCH3 is 1. The fourth-order valence-corrected chi connectivity index (χ4v) is 6.01. The second-order valence-electron chi connectivity index (χ2n) is 9.12. The van der Waals surface area contributed by atoms with Crippen molar-refractivity contribution >= 4 is 27.1 Å². The fourth-order valence-electron chi connectivity index (χ4n) is 4.58. The summed E-state index contributed by atoms with van der Waals surface area (Å²) >= 11 is 0. The lowest BCUT2D eigenvalue weighted by Crippen LogP contribution is -2.35. The van der Waals surface area contributed by atoms with Crippen LogP contribution < -0.4 is 4.74 Å². The monoisotopic (exact) mass is 534 g/mol. The number of hydrogen-bond acceptors (Lipinski definition) is 7. The number of hydrogen-bond donors (Lipinski definition) is 1. The lowest BCUT2D eigenvalue weighted by Gasteiger charge is -2.21. The molecule has 5 rings (SSSR count). The molecule has 198 valence electrons. The highest BCUT2D eigenvalue weighted by Crippen LogP contribution is 2.25. The molecule has 1 aromatic carbocycles. The van der Waals surface area contributed by atoms with Crippen LogP contribution in [0.3, 0.4) is 0 Å². The van der Waals surface area contributed by atoms with Gasteiger partial charge in [0, 0.05) is 68.7 Å². The Morgan fingerprint density at radius 1 is 1.00 bits per heavy atom. The molecule has 1 fully saturated rings. The molecule has 3 aromatic heterocycles. The van der Waals surface area contributed by atoms with E-state index in [4.69, 9.17) is 4.74 Å². The summed E-state index contributed by atoms with van der Waals surface area (Å²) in [6.07, 6.45) is 5.04. The molecule has 0 bridgehead atoms. The van der Waals surface area contributed by atoms with E-state index in [1.165, 1.54) is 4.31 Å². The van der Waals surface area contributed by atoms with Crippen molar-refractivity contribution in [1.82, 2.24) is 29.1 Å². The molecule has 0 saturated carbocycles. The second-order valence-corrected chi connectivity index (χ2v) is 11.1. The summed E-state index contributed by atoms with van der Waals surface area (Å²) in [5.74, 6) is 1.57. The van der Waals surface area contributed by atoms with Gasteiger partial charge in [-0.05, 0) is 43.2 Å². The lowest BCUT2D eigenvalue weighted by molar-refractivity contribution is -0.130. The van der Waals surface area contributed by atoms with Gasteiger partial charge in [0.25, 0.3) is 0 Å². The van der Waals surface area contributed by atoms with Gasteiger partial charge in [-0.3, -0.25) is 9.78 Å². The number of aromatic nitrogens is 4. The average Bonchev–Trinajstić information content (AvgIpc) is 3.25. The van der Waals surface area contributed by atoms with E-state index in [2.05, 4.69) is 19.9 Å². The van der Waals surface area contributed by atoms with Crippen molar-refractivity contribution < 1.29 is 17.9 Å². The zero-order valence-corrected chi connectivity index (χ0v) is 22.2. The van der Waals surface area contributed by atoms with Gasteiger partial charge >= 0.3 is 0 Å². The van der Waals surface area contributed by atoms with Crippen LogP contribution in [0.1, 0.15) is 24.9 Å². The number of ether oxygens (including phenoxy) is 1. The van der Waals surface area contributed by atoms with Crippen molar-refractivity contribution in [2.75, 3.05) is 33.3 Å². The predicted molar refractivity (Wildman–Crippen MR) is 143 cm³/mol. The first-order chi connectivity index (χ1) is 18.4. The molecular weight excluding hydrogens is 504 g/mol. The van der Waals surface area contributed by atoms with Crippen LogP contribution in [0.15, 0.2) is 59.8 Å². The number of nitrogens with one attached hydrogen (secondary N) is 1. The van der Waals surface area contributed by atoms with E-state index in [1.807, 2.05) is 25.1 Å². The van der Waals surface area contributed by atoms with E-state index in [0.717, 1.165) is 33.9 Å². The highest BCUT2D eigenvalue weighted by molar-refractivity contribution is 7.89. The predicted octanol–water partition coefficient (Wildman–Crippen LogP) is 3.06. The number of benzene rings is 1. The summed E-state index contributed by atoms with van der Waals surface area (Å²) in [5.41, 5.74) is 4.05. The molecule has 4 heterocycles. The SMILES string of the molecule is CCN1CCN(S(=O)(=O)c2ccc(-c3cnc4nc(CCc5cc(OC)ccn5)[nH]c4c3)cc2)CCC1=O. The van der Waals surface area contributed by atoms with Crippen molar-refractivity contribution in [2.24, 2.45) is 0 Å². The molecular formula is C27H30N6O4S. The zero-order valence-electron chi connectivity index (χ0n) is 21.4. The smallest absolute Gasteiger partial charge is 0.243 e. The molecule has 0 spiro atoms. The number of fused-ring (bicyclic) bond motifs is 1. The minimum absolute atomic E-state index is 0.0117. The van der Waals surface area contributed by atoms with E-state index in [-0.39, 0.29) is 23.8 Å². The van der Waals surface area contributed by atoms with Crippen LogP contribution in [-0.2, 0) is 27.7 Å². The number of carbonyl (C=O) groups is 1. The molecule has 1 aliphatic heterocycles. The number of rotatable bonds is 8. The van der Waals surface area contributed by atoms with E-state index >= 15 is 0 Å². The molecule has 0 unspecified atom stereocenters. The summed E-state index contributed by atoms with van der Waals surface area (Å²) in [6, 6.07) is 12.5. The number of sulfonamides is 1. The van der Waals surface area contributed by atoms with Crippen LogP contribution >= 0.6 is 0 Å². The normalized spacial score (nSPS) is 15.1. The van der Waals surface area contributed by atoms with Gasteiger partial charge in [0.05, 0.1) is 17.5 Å². The van der Waals surface area contributed by atoms with Gasteiger partial charge in [-0.1, -0.05) is 12.1 Å². The van der Waals surface area contributed by atoms with Crippen LogP contribution in [0, 0.1) is 0 Å². The number of amides is 1. The number of H-pyrrole nitrogens is 1. The third-order valence-corrected chi connectivity index (χ3v) is 8.70. The second kappa shape index (κ2) is 10.9. The van der Waals surface area contributed by atoms with Crippen LogP contribution in [0.5, 0.6) is 5.75 Å². The van der Waals surface area contributed by atoms with Crippen LogP contribution in [-0.4, -0.2) is 76.8 Å². The molecule has 10 nitrogen and oxygen atoms in total. The molecule has 0 aliphatic carbocycles. The van der Waals surface area contributed by atoms with Crippen LogP contribution in [0.4, 0.5) is 0 Å². The maximum absolute atomic E-state index is 13.2. The summed E-state index contributed by atoms with van der Waals surface area (Å²) in [5, 5.41) is 0. The first-order valence-corrected chi connectivity index (χ1v) is 14.0. The molecule has 0 atom stereocenters. The Bertz CT molecular complexity index is 1550. The number of aryl methyl sites for hydroxylation is 2. The summed E-state index contributed by atoms with van der Waals surface area (Å²) in [6.45, 7) is 3.37. The Labute approximate surface area is 221 Å². The average molecular weight is 535 g/mol. The van der Waals surface area contributed by atoms with E-state index in [1.54, 1.807) is 48.7 Å². The largest absolute Gasteiger partial charge is 0.497 e. The number of likely N-dealkylation sites (N-methyl/N-ethyl adjacent to an activating group) is 1. The maximum atomic E-state index is 13.2. The van der Waals surface area contributed by atoms with Crippen molar-refractivity contribution in [3.63, 3.8) is 0 Å². The number of aromatic amines is 1. The van der Waals surface area contributed by atoms with Gasteiger partial charge in [0.2, 0.25) is 15.9 Å². The Hall–Kier alpha value is -3.83. The van der Waals surface area contributed by atoms with Gasteiger partial charge in [0.1, 0.15) is 11.6 Å². The minimum atomic E-state index is -3.69. The van der Waals surface area contributed by atoms with Crippen molar-refractivity contribution in [2.45, 2.75) is 31.1 Å². The Balaban J connectivity index is 1.30. The third kappa shape index (κ3) is 5.39. The maximum Gasteiger partial charge on any atom is 0.243 e. The van der Waals surface area contributed by atoms with Crippen LogP contribution in [0.25, 0.3) is 22.3 Å². The molecule has 4 aromatic rings. The lowest BCUT2D eigenvalue weighted by atomic mass is 10.1. The Kier molecular flexibility index (Phi) is 7.39.